The fourth-order valence-corrected chi connectivity index (χ4v) is 2.07. The number of carboxylic acids is 1. The Morgan fingerprint density at radius 2 is 1.71 bits per heavy atom. The van der Waals surface area contributed by atoms with Gasteiger partial charge in [-0.15, -0.1) is 0 Å². The topological polar surface area (TPSA) is 54.4 Å². The van der Waals surface area contributed by atoms with Gasteiger partial charge in [0.25, 0.3) is 0 Å². The standard InChI is InChI=1S/C13H15BrO3/c14-11-7-5-4-6-10(11)12(15)8-2-1-3-9-13(16)17/h4-7H,1-3,8-9H2,(H,16,17). The summed E-state index contributed by atoms with van der Waals surface area (Å²) >= 11 is 3.34. The highest BCUT2D eigenvalue weighted by atomic mass is 79.9. The summed E-state index contributed by atoms with van der Waals surface area (Å²) in [6.07, 6.45) is 2.82. The van der Waals surface area contributed by atoms with Gasteiger partial charge in [0, 0.05) is 22.9 Å². The molecule has 0 bridgehead atoms. The number of hydrogen-bond donors (Lipinski definition) is 1. The van der Waals surface area contributed by atoms with Crippen molar-refractivity contribution in [2.45, 2.75) is 32.1 Å². The molecule has 0 saturated carbocycles. The van der Waals surface area contributed by atoms with Gasteiger partial charge in [0.05, 0.1) is 0 Å². The van der Waals surface area contributed by atoms with Crippen LogP contribution < -0.4 is 0 Å². The molecule has 0 aliphatic rings. The molecule has 0 amide bonds. The van der Waals surface area contributed by atoms with Gasteiger partial charge in [0.15, 0.2) is 5.78 Å². The molecule has 0 heterocycles. The molecular formula is C13H15BrO3. The number of unbranched alkanes of at least 4 members (excludes halogenated alkanes) is 2. The number of halogens is 1. The molecule has 0 unspecified atom stereocenters. The Balaban J connectivity index is 2.31. The van der Waals surface area contributed by atoms with E-state index in [2.05, 4.69) is 15.9 Å². The molecule has 1 aromatic carbocycles. The van der Waals surface area contributed by atoms with Crippen LogP contribution in [0.5, 0.6) is 0 Å². The Hall–Kier alpha value is -1.16. The molecular weight excluding hydrogens is 284 g/mol. The van der Waals surface area contributed by atoms with Crippen LogP contribution in [0.2, 0.25) is 0 Å². The molecule has 1 rings (SSSR count). The van der Waals surface area contributed by atoms with Crippen LogP contribution in [0, 0.1) is 0 Å². The lowest BCUT2D eigenvalue weighted by atomic mass is 10.0. The highest BCUT2D eigenvalue weighted by Crippen LogP contribution is 2.18. The van der Waals surface area contributed by atoms with Crippen LogP contribution in [0.25, 0.3) is 0 Å². The summed E-state index contributed by atoms with van der Waals surface area (Å²) in [5.41, 5.74) is 0.700. The third kappa shape index (κ3) is 5.13. The largest absolute Gasteiger partial charge is 0.481 e. The fourth-order valence-electron chi connectivity index (χ4n) is 1.56. The van der Waals surface area contributed by atoms with Crippen molar-refractivity contribution in [3.05, 3.63) is 34.3 Å². The molecule has 3 nitrogen and oxygen atoms in total. The van der Waals surface area contributed by atoms with Crippen molar-refractivity contribution in [1.82, 2.24) is 0 Å². The molecule has 17 heavy (non-hydrogen) atoms. The second-order valence-electron chi connectivity index (χ2n) is 3.86. The van der Waals surface area contributed by atoms with Crippen LogP contribution in [0.4, 0.5) is 0 Å². The molecule has 1 N–H and O–H groups in total. The van der Waals surface area contributed by atoms with Crippen molar-refractivity contribution in [1.29, 1.82) is 0 Å². The predicted molar refractivity (Wildman–Crippen MR) is 69.2 cm³/mol. The Kier molecular flexibility index (Phi) is 5.91. The summed E-state index contributed by atoms with van der Waals surface area (Å²) in [4.78, 5) is 22.1. The summed E-state index contributed by atoms with van der Waals surface area (Å²) in [6.45, 7) is 0. The molecule has 0 aromatic heterocycles. The first-order chi connectivity index (χ1) is 8.11. The SMILES string of the molecule is O=C(O)CCCCCC(=O)c1ccccc1Br. The summed E-state index contributed by atoms with van der Waals surface area (Å²) in [7, 11) is 0. The van der Waals surface area contributed by atoms with Crippen molar-refractivity contribution >= 4 is 27.7 Å². The average molecular weight is 299 g/mol. The van der Waals surface area contributed by atoms with E-state index in [1.54, 1.807) is 6.07 Å². The third-order valence-electron chi connectivity index (χ3n) is 2.47. The maximum absolute atomic E-state index is 11.8. The molecule has 0 saturated heterocycles. The van der Waals surface area contributed by atoms with Crippen LogP contribution in [0.3, 0.4) is 0 Å². The molecule has 0 aliphatic heterocycles. The zero-order valence-corrected chi connectivity index (χ0v) is 11.1. The summed E-state index contributed by atoms with van der Waals surface area (Å²) < 4.78 is 0.815. The van der Waals surface area contributed by atoms with Gasteiger partial charge in [0.2, 0.25) is 0 Å². The quantitative estimate of drug-likeness (QED) is 0.617. The molecule has 0 fully saturated rings. The lowest BCUT2D eigenvalue weighted by Gasteiger charge is -2.03. The second-order valence-corrected chi connectivity index (χ2v) is 4.71. The lowest BCUT2D eigenvalue weighted by molar-refractivity contribution is -0.137. The van der Waals surface area contributed by atoms with Crippen LogP contribution in [-0.2, 0) is 4.79 Å². The smallest absolute Gasteiger partial charge is 0.303 e. The number of rotatable bonds is 7. The maximum atomic E-state index is 11.8. The zero-order valence-electron chi connectivity index (χ0n) is 9.49. The Morgan fingerprint density at radius 1 is 1.06 bits per heavy atom. The number of aliphatic carboxylic acids is 1. The highest BCUT2D eigenvalue weighted by molar-refractivity contribution is 9.10. The minimum Gasteiger partial charge on any atom is -0.481 e. The summed E-state index contributed by atoms with van der Waals surface area (Å²) in [5, 5.41) is 8.46. The Bertz CT molecular complexity index is 401. The number of carbonyl (C=O) groups is 2. The molecule has 92 valence electrons. The maximum Gasteiger partial charge on any atom is 0.303 e. The number of hydrogen-bond acceptors (Lipinski definition) is 2. The highest BCUT2D eigenvalue weighted by Gasteiger charge is 2.08. The summed E-state index contributed by atoms with van der Waals surface area (Å²) in [5.74, 6) is -0.671. The molecule has 4 heteroatoms. The van der Waals surface area contributed by atoms with E-state index in [4.69, 9.17) is 5.11 Å². The van der Waals surface area contributed by atoms with E-state index in [1.807, 2.05) is 18.2 Å². The summed E-state index contributed by atoms with van der Waals surface area (Å²) in [6, 6.07) is 7.34. The molecule has 0 aliphatic carbocycles. The number of ketones is 1. The van der Waals surface area contributed by atoms with Gasteiger partial charge in [-0.25, -0.2) is 0 Å². The zero-order chi connectivity index (χ0) is 12.7. The van der Waals surface area contributed by atoms with Crippen molar-refractivity contribution in [3.8, 4) is 0 Å². The van der Waals surface area contributed by atoms with Gasteiger partial charge < -0.3 is 5.11 Å². The van der Waals surface area contributed by atoms with Gasteiger partial charge in [-0.05, 0) is 18.9 Å². The molecule has 0 atom stereocenters. The molecule has 1 aromatic rings. The predicted octanol–water partition coefficient (Wildman–Crippen LogP) is 3.67. The van der Waals surface area contributed by atoms with E-state index in [0.717, 1.165) is 17.3 Å². The van der Waals surface area contributed by atoms with Gasteiger partial charge in [-0.2, -0.15) is 0 Å². The number of carboxylic acid groups (broad SMARTS) is 1. The Morgan fingerprint density at radius 3 is 2.35 bits per heavy atom. The van der Waals surface area contributed by atoms with Crippen LogP contribution >= 0.6 is 15.9 Å². The van der Waals surface area contributed by atoms with E-state index in [-0.39, 0.29) is 12.2 Å². The normalized spacial score (nSPS) is 10.2. The monoisotopic (exact) mass is 298 g/mol. The first-order valence-electron chi connectivity index (χ1n) is 5.61. The minimum atomic E-state index is -0.776. The number of Topliss-reactive ketones (excluding diaryl/α,β-unsaturated/α-hetero) is 1. The number of carbonyl (C=O) groups excluding carboxylic acids is 1. The van der Waals surface area contributed by atoms with Crippen molar-refractivity contribution in [2.24, 2.45) is 0 Å². The first kappa shape index (κ1) is 13.9. The van der Waals surface area contributed by atoms with E-state index in [9.17, 15) is 9.59 Å². The molecule has 0 radical (unpaired) electrons. The minimum absolute atomic E-state index is 0.104. The van der Waals surface area contributed by atoms with Gasteiger partial charge in [-0.3, -0.25) is 9.59 Å². The van der Waals surface area contributed by atoms with Gasteiger partial charge in [0.1, 0.15) is 0 Å². The van der Waals surface area contributed by atoms with E-state index in [1.165, 1.54) is 0 Å². The fraction of sp³-hybridized carbons (Fsp3) is 0.385. The van der Waals surface area contributed by atoms with Crippen molar-refractivity contribution in [2.75, 3.05) is 0 Å². The Labute approximate surface area is 109 Å². The first-order valence-corrected chi connectivity index (χ1v) is 6.40. The lowest BCUT2D eigenvalue weighted by Crippen LogP contribution is -2.00. The van der Waals surface area contributed by atoms with Crippen LogP contribution in [-0.4, -0.2) is 16.9 Å². The van der Waals surface area contributed by atoms with Crippen molar-refractivity contribution in [3.63, 3.8) is 0 Å². The average Bonchev–Trinajstić information content (AvgIpc) is 2.28. The number of benzene rings is 1. The van der Waals surface area contributed by atoms with Gasteiger partial charge in [-0.1, -0.05) is 40.5 Å². The van der Waals surface area contributed by atoms with E-state index >= 15 is 0 Å². The van der Waals surface area contributed by atoms with E-state index < -0.39 is 5.97 Å². The van der Waals surface area contributed by atoms with Crippen LogP contribution in [0.1, 0.15) is 42.5 Å². The van der Waals surface area contributed by atoms with Crippen molar-refractivity contribution < 1.29 is 14.7 Å². The molecule has 0 spiro atoms. The van der Waals surface area contributed by atoms with Gasteiger partial charge >= 0.3 is 5.97 Å². The van der Waals surface area contributed by atoms with E-state index in [0.29, 0.717) is 18.4 Å². The second kappa shape index (κ2) is 7.22. The van der Waals surface area contributed by atoms with Crippen LogP contribution in [0.15, 0.2) is 28.7 Å². The third-order valence-corrected chi connectivity index (χ3v) is 3.16.